The lowest BCUT2D eigenvalue weighted by molar-refractivity contribution is 0.171. The van der Waals surface area contributed by atoms with Crippen LogP contribution in [0.2, 0.25) is 0 Å². The Hall–Kier alpha value is -2.07. The third-order valence-electron chi connectivity index (χ3n) is 3.35. The van der Waals surface area contributed by atoms with Gasteiger partial charge in [-0.1, -0.05) is 12.1 Å². The third-order valence-corrected chi connectivity index (χ3v) is 3.35. The molecule has 20 heavy (non-hydrogen) atoms. The van der Waals surface area contributed by atoms with E-state index in [9.17, 15) is 4.39 Å². The summed E-state index contributed by atoms with van der Waals surface area (Å²) in [5.74, 6) is 1.15. The second kappa shape index (κ2) is 5.13. The van der Waals surface area contributed by atoms with E-state index >= 15 is 0 Å². The van der Waals surface area contributed by atoms with E-state index in [2.05, 4.69) is 0 Å². The predicted octanol–water partition coefficient (Wildman–Crippen LogP) is 2.95. The van der Waals surface area contributed by atoms with Gasteiger partial charge in [-0.3, -0.25) is 0 Å². The second-order valence-electron chi connectivity index (χ2n) is 4.94. The van der Waals surface area contributed by atoms with Crippen molar-refractivity contribution in [3.8, 4) is 11.5 Å². The minimum atomic E-state index is -0.389. The molecule has 0 fully saturated rings. The van der Waals surface area contributed by atoms with Crippen LogP contribution in [0.15, 0.2) is 36.4 Å². The van der Waals surface area contributed by atoms with Crippen molar-refractivity contribution in [3.05, 3.63) is 58.9 Å². The highest BCUT2D eigenvalue weighted by molar-refractivity contribution is 5.46. The Kier molecular flexibility index (Phi) is 3.32. The van der Waals surface area contributed by atoms with E-state index in [4.69, 9.17) is 15.2 Å². The van der Waals surface area contributed by atoms with Crippen molar-refractivity contribution in [2.24, 2.45) is 5.73 Å². The molecule has 0 saturated heterocycles. The summed E-state index contributed by atoms with van der Waals surface area (Å²) in [6, 6.07) is 10.0. The number of fused-ring (bicyclic) bond motifs is 1. The number of hydrogen-bond donors (Lipinski definition) is 1. The van der Waals surface area contributed by atoms with Crippen LogP contribution >= 0.6 is 0 Å². The summed E-state index contributed by atoms with van der Waals surface area (Å²) >= 11 is 0. The second-order valence-corrected chi connectivity index (χ2v) is 4.94. The van der Waals surface area contributed by atoms with Crippen LogP contribution < -0.4 is 15.2 Å². The molecule has 4 heteroatoms. The molecule has 0 bridgehead atoms. The number of halogens is 1. The fraction of sp³-hybridized carbons (Fsp3) is 0.250. The van der Waals surface area contributed by atoms with Crippen molar-refractivity contribution in [2.75, 3.05) is 13.2 Å². The van der Waals surface area contributed by atoms with Crippen molar-refractivity contribution < 1.29 is 13.9 Å². The van der Waals surface area contributed by atoms with Crippen LogP contribution in [0.3, 0.4) is 0 Å². The Morgan fingerprint density at radius 2 is 1.75 bits per heavy atom. The van der Waals surface area contributed by atoms with Gasteiger partial charge in [0.05, 0.1) is 6.04 Å². The van der Waals surface area contributed by atoms with Crippen LogP contribution in [0.1, 0.15) is 22.7 Å². The molecule has 0 amide bonds. The summed E-state index contributed by atoms with van der Waals surface area (Å²) in [5, 5.41) is 0. The minimum absolute atomic E-state index is 0.270. The molecule has 1 unspecified atom stereocenters. The van der Waals surface area contributed by atoms with Gasteiger partial charge < -0.3 is 15.2 Å². The van der Waals surface area contributed by atoms with Crippen LogP contribution in [-0.2, 0) is 0 Å². The monoisotopic (exact) mass is 273 g/mol. The average Bonchev–Trinajstić information content (AvgIpc) is 2.45. The van der Waals surface area contributed by atoms with Gasteiger partial charge in [0.25, 0.3) is 0 Å². The van der Waals surface area contributed by atoms with Crippen molar-refractivity contribution in [1.29, 1.82) is 0 Å². The fourth-order valence-corrected chi connectivity index (χ4v) is 2.39. The summed E-state index contributed by atoms with van der Waals surface area (Å²) in [6.07, 6.45) is 0. The smallest absolute Gasteiger partial charge is 0.161 e. The Labute approximate surface area is 117 Å². The molecule has 104 valence electrons. The highest BCUT2D eigenvalue weighted by Crippen LogP contribution is 2.33. The summed E-state index contributed by atoms with van der Waals surface area (Å²) in [6.45, 7) is 2.94. The predicted molar refractivity (Wildman–Crippen MR) is 74.6 cm³/mol. The third kappa shape index (κ3) is 2.47. The SMILES string of the molecule is Cc1cc(F)cc(C(N)c2ccc3c(c2)OCCO3)c1. The number of aryl methyl sites for hydroxylation is 1. The first-order valence-electron chi connectivity index (χ1n) is 6.56. The molecule has 1 heterocycles. The number of nitrogens with two attached hydrogens (primary N) is 1. The van der Waals surface area contributed by atoms with E-state index in [-0.39, 0.29) is 11.9 Å². The standard InChI is InChI=1S/C16H16FNO2/c1-10-6-12(8-13(17)7-10)16(18)11-2-3-14-15(9-11)20-5-4-19-14/h2-3,6-9,16H,4-5,18H2,1H3. The molecule has 3 nitrogen and oxygen atoms in total. The lowest BCUT2D eigenvalue weighted by Gasteiger charge is -2.21. The first kappa shape index (κ1) is 12.9. The first-order chi connectivity index (χ1) is 9.63. The number of benzene rings is 2. The van der Waals surface area contributed by atoms with Crippen LogP contribution in [0.25, 0.3) is 0 Å². The molecule has 0 spiro atoms. The van der Waals surface area contributed by atoms with E-state index in [0.717, 1.165) is 22.4 Å². The zero-order valence-electron chi connectivity index (χ0n) is 11.2. The topological polar surface area (TPSA) is 44.5 Å². The Balaban J connectivity index is 1.95. The number of rotatable bonds is 2. The fourth-order valence-electron chi connectivity index (χ4n) is 2.39. The normalized spacial score (nSPS) is 14.9. The van der Waals surface area contributed by atoms with Gasteiger partial charge in [0.15, 0.2) is 11.5 Å². The van der Waals surface area contributed by atoms with Crippen molar-refractivity contribution >= 4 is 0 Å². The van der Waals surface area contributed by atoms with E-state index < -0.39 is 0 Å². The van der Waals surface area contributed by atoms with Gasteiger partial charge in [-0.2, -0.15) is 0 Å². The highest BCUT2D eigenvalue weighted by Gasteiger charge is 2.16. The maximum atomic E-state index is 13.5. The molecule has 0 aromatic heterocycles. The Bertz CT molecular complexity index is 622. The lowest BCUT2D eigenvalue weighted by atomic mass is 9.97. The molecular formula is C16H16FNO2. The number of hydrogen-bond acceptors (Lipinski definition) is 3. The zero-order valence-corrected chi connectivity index (χ0v) is 11.2. The Morgan fingerprint density at radius 1 is 1.00 bits per heavy atom. The molecular weight excluding hydrogens is 257 g/mol. The van der Waals surface area contributed by atoms with Crippen LogP contribution in [-0.4, -0.2) is 13.2 Å². The summed E-state index contributed by atoms with van der Waals surface area (Å²) in [4.78, 5) is 0. The molecule has 2 aromatic carbocycles. The molecule has 2 N–H and O–H groups in total. The summed E-state index contributed by atoms with van der Waals surface area (Å²) in [7, 11) is 0. The van der Waals surface area contributed by atoms with Crippen molar-refractivity contribution in [2.45, 2.75) is 13.0 Å². The molecule has 0 saturated carbocycles. The minimum Gasteiger partial charge on any atom is -0.486 e. The van der Waals surface area contributed by atoms with Gasteiger partial charge in [0.2, 0.25) is 0 Å². The van der Waals surface area contributed by atoms with Crippen LogP contribution in [0.5, 0.6) is 11.5 Å². The largest absolute Gasteiger partial charge is 0.486 e. The quantitative estimate of drug-likeness (QED) is 0.915. The van der Waals surface area contributed by atoms with E-state index in [0.29, 0.717) is 19.0 Å². The van der Waals surface area contributed by atoms with E-state index in [1.54, 1.807) is 0 Å². The van der Waals surface area contributed by atoms with Gasteiger partial charge in [-0.25, -0.2) is 4.39 Å². The maximum absolute atomic E-state index is 13.5. The van der Waals surface area contributed by atoms with Crippen LogP contribution in [0.4, 0.5) is 4.39 Å². The van der Waals surface area contributed by atoms with Crippen molar-refractivity contribution in [1.82, 2.24) is 0 Å². The number of ether oxygens (including phenoxy) is 2. The lowest BCUT2D eigenvalue weighted by Crippen LogP contribution is -2.17. The molecule has 1 aliphatic heterocycles. The van der Waals surface area contributed by atoms with Gasteiger partial charge in [-0.15, -0.1) is 0 Å². The van der Waals surface area contributed by atoms with Crippen LogP contribution in [0, 0.1) is 12.7 Å². The average molecular weight is 273 g/mol. The zero-order chi connectivity index (χ0) is 14.1. The van der Waals surface area contributed by atoms with E-state index in [1.807, 2.05) is 31.2 Å². The summed E-state index contributed by atoms with van der Waals surface area (Å²) < 4.78 is 24.5. The van der Waals surface area contributed by atoms with Crippen molar-refractivity contribution in [3.63, 3.8) is 0 Å². The Morgan fingerprint density at radius 3 is 2.50 bits per heavy atom. The van der Waals surface area contributed by atoms with E-state index in [1.165, 1.54) is 12.1 Å². The van der Waals surface area contributed by atoms with Gasteiger partial charge in [-0.05, 0) is 47.9 Å². The highest BCUT2D eigenvalue weighted by atomic mass is 19.1. The van der Waals surface area contributed by atoms with Gasteiger partial charge in [0, 0.05) is 0 Å². The molecule has 1 aliphatic rings. The molecule has 0 radical (unpaired) electrons. The summed E-state index contributed by atoms with van der Waals surface area (Å²) in [5.41, 5.74) is 8.70. The van der Waals surface area contributed by atoms with Gasteiger partial charge in [0.1, 0.15) is 19.0 Å². The molecule has 2 aromatic rings. The molecule has 3 rings (SSSR count). The molecule has 0 aliphatic carbocycles. The molecule has 1 atom stereocenters. The van der Waals surface area contributed by atoms with Gasteiger partial charge >= 0.3 is 0 Å². The maximum Gasteiger partial charge on any atom is 0.161 e. The first-order valence-corrected chi connectivity index (χ1v) is 6.56.